The fourth-order valence-corrected chi connectivity index (χ4v) is 4.81. The number of sulfonamides is 1. The molecule has 196 valence electrons. The van der Waals surface area contributed by atoms with E-state index in [2.05, 4.69) is 37.3 Å². The quantitative estimate of drug-likeness (QED) is 0.333. The lowest BCUT2D eigenvalue weighted by Gasteiger charge is -2.26. The van der Waals surface area contributed by atoms with Gasteiger partial charge in [0.15, 0.2) is 5.03 Å². The van der Waals surface area contributed by atoms with E-state index >= 15 is 0 Å². The van der Waals surface area contributed by atoms with E-state index < -0.39 is 40.3 Å². The summed E-state index contributed by atoms with van der Waals surface area (Å²) >= 11 is 2.18. The number of hydrogen-bond donors (Lipinski definition) is 2. The third-order valence-electron chi connectivity index (χ3n) is 4.86. The number of nitrogens with one attached hydrogen (secondary N) is 1. The molecule has 3 aromatic rings. The summed E-state index contributed by atoms with van der Waals surface area (Å²) in [6.07, 6.45) is 0.736. The Morgan fingerprint density at radius 1 is 1.08 bits per heavy atom. The van der Waals surface area contributed by atoms with Gasteiger partial charge in [-0.15, -0.1) is 0 Å². The summed E-state index contributed by atoms with van der Waals surface area (Å²) < 4.78 is 35.3. The molecule has 3 rings (SSSR count). The topological polar surface area (TPSA) is 139 Å². The van der Waals surface area contributed by atoms with Crippen LogP contribution < -0.4 is 9.62 Å². The van der Waals surface area contributed by atoms with E-state index in [0.29, 0.717) is 0 Å². The zero-order valence-electron chi connectivity index (χ0n) is 20.5. The lowest BCUT2D eigenvalue weighted by molar-refractivity contribution is -0.135. The number of amides is 1. The minimum Gasteiger partial charge on any atom is -0.480 e. The van der Waals surface area contributed by atoms with E-state index in [0.717, 1.165) is 14.0 Å². The monoisotopic (exact) mass is 638 g/mol. The second-order valence-electron chi connectivity index (χ2n) is 9.05. The third-order valence-corrected chi connectivity index (χ3v) is 6.97. The molecule has 2 N–H and O–H groups in total. The number of anilines is 1. The Kier molecular flexibility index (Phi) is 9.21. The number of aromatic nitrogens is 2. The summed E-state index contributed by atoms with van der Waals surface area (Å²) in [6.45, 7) is 4.30. The Morgan fingerprint density at radius 2 is 1.78 bits per heavy atom. The first-order valence-corrected chi connectivity index (χ1v) is 13.8. The molecule has 0 aliphatic rings. The highest BCUT2D eigenvalue weighted by Crippen LogP contribution is 2.24. The SMILES string of the molecule is CC(C)(C)OC(=O)N(CC(=O)O)c1cccc(C(Cc2ccc(I)cc2)NS(=O)(=O)c2ccccn2)n1. The lowest BCUT2D eigenvalue weighted by Crippen LogP contribution is -2.40. The van der Waals surface area contributed by atoms with Crippen LogP contribution in [0.3, 0.4) is 0 Å². The van der Waals surface area contributed by atoms with Crippen molar-refractivity contribution in [3.8, 4) is 0 Å². The number of aliphatic carboxylic acids is 1. The van der Waals surface area contributed by atoms with Crippen molar-refractivity contribution in [3.05, 3.63) is 81.7 Å². The lowest BCUT2D eigenvalue weighted by atomic mass is 10.0. The molecule has 0 saturated heterocycles. The summed E-state index contributed by atoms with van der Waals surface area (Å²) in [7, 11) is -4.03. The highest BCUT2D eigenvalue weighted by molar-refractivity contribution is 14.1. The number of rotatable bonds is 9. The van der Waals surface area contributed by atoms with Gasteiger partial charge in [0.2, 0.25) is 0 Å². The Balaban J connectivity index is 2.02. The molecule has 2 heterocycles. The van der Waals surface area contributed by atoms with Gasteiger partial charge in [0.25, 0.3) is 10.0 Å². The zero-order valence-corrected chi connectivity index (χ0v) is 23.4. The number of carboxylic acids is 1. The molecule has 1 unspecified atom stereocenters. The normalized spacial score (nSPS) is 12.5. The van der Waals surface area contributed by atoms with Gasteiger partial charge >= 0.3 is 12.1 Å². The summed E-state index contributed by atoms with van der Waals surface area (Å²) in [5, 5.41) is 9.24. The van der Waals surface area contributed by atoms with Gasteiger partial charge in [-0.2, -0.15) is 0 Å². The van der Waals surface area contributed by atoms with Crippen LogP contribution in [0.15, 0.2) is 71.9 Å². The number of carbonyl (C=O) groups is 2. The van der Waals surface area contributed by atoms with Gasteiger partial charge < -0.3 is 9.84 Å². The maximum absolute atomic E-state index is 13.1. The zero-order chi connectivity index (χ0) is 27.2. The van der Waals surface area contributed by atoms with Crippen molar-refractivity contribution in [3.63, 3.8) is 0 Å². The van der Waals surface area contributed by atoms with Crippen LogP contribution in [0.5, 0.6) is 0 Å². The molecule has 0 spiro atoms. The van der Waals surface area contributed by atoms with Crippen LogP contribution in [-0.2, 0) is 26.0 Å². The van der Waals surface area contributed by atoms with Crippen LogP contribution in [0.1, 0.15) is 38.1 Å². The number of hydrogen-bond acceptors (Lipinski definition) is 7. The van der Waals surface area contributed by atoms with Crippen molar-refractivity contribution in [2.45, 2.75) is 43.9 Å². The minimum atomic E-state index is -4.03. The van der Waals surface area contributed by atoms with Crippen LogP contribution in [0.25, 0.3) is 0 Å². The number of halogens is 1. The number of carboxylic acid groups (broad SMARTS) is 1. The maximum atomic E-state index is 13.1. The first kappa shape index (κ1) is 28.5. The first-order valence-electron chi connectivity index (χ1n) is 11.2. The van der Waals surface area contributed by atoms with Gasteiger partial charge in [-0.3, -0.25) is 9.69 Å². The maximum Gasteiger partial charge on any atom is 0.416 e. The Hall–Kier alpha value is -3.10. The molecule has 1 atom stereocenters. The fraction of sp³-hybridized carbons (Fsp3) is 0.280. The van der Waals surface area contributed by atoms with Crippen LogP contribution in [0.4, 0.5) is 10.6 Å². The smallest absolute Gasteiger partial charge is 0.416 e. The molecule has 37 heavy (non-hydrogen) atoms. The van der Waals surface area contributed by atoms with E-state index in [9.17, 15) is 23.1 Å². The van der Waals surface area contributed by atoms with Crippen molar-refractivity contribution in [2.24, 2.45) is 0 Å². The molecule has 0 bridgehead atoms. The second-order valence-corrected chi connectivity index (χ2v) is 12.0. The van der Waals surface area contributed by atoms with Gasteiger partial charge in [0, 0.05) is 9.77 Å². The van der Waals surface area contributed by atoms with Crippen LogP contribution >= 0.6 is 22.6 Å². The van der Waals surface area contributed by atoms with Crippen molar-refractivity contribution in [1.82, 2.24) is 14.7 Å². The highest BCUT2D eigenvalue weighted by atomic mass is 127. The Labute approximate surface area is 229 Å². The van der Waals surface area contributed by atoms with Crippen LogP contribution in [-0.4, -0.2) is 47.7 Å². The molecule has 0 fully saturated rings. The number of benzene rings is 1. The summed E-state index contributed by atoms with van der Waals surface area (Å²) in [5.41, 5.74) is 0.266. The molecule has 1 aromatic carbocycles. The largest absolute Gasteiger partial charge is 0.480 e. The molecular weight excluding hydrogens is 611 g/mol. The summed E-state index contributed by atoms with van der Waals surface area (Å²) in [5.74, 6) is -1.25. The van der Waals surface area contributed by atoms with Crippen LogP contribution in [0, 0.1) is 3.57 Å². The molecule has 0 aliphatic heterocycles. The van der Waals surface area contributed by atoms with E-state index in [1.165, 1.54) is 18.3 Å². The number of nitrogens with zero attached hydrogens (tertiary/aromatic N) is 3. The first-order chi connectivity index (χ1) is 17.3. The molecule has 0 aliphatic carbocycles. The van der Waals surface area contributed by atoms with Crippen molar-refractivity contribution in [2.75, 3.05) is 11.4 Å². The molecule has 0 saturated carbocycles. The summed E-state index contributed by atoms with van der Waals surface area (Å²) in [4.78, 5) is 33.6. The number of pyridine rings is 2. The standard InChI is InChI=1S/C25H27IN4O6S/c1-25(2,3)36-24(33)30(16-23(31)32)21-8-6-7-19(28-21)20(15-17-10-12-18(26)13-11-17)29-37(34,35)22-9-4-5-14-27-22/h4-14,20,29H,15-16H2,1-3H3,(H,31,32). The van der Waals surface area contributed by atoms with Crippen molar-refractivity contribution in [1.29, 1.82) is 0 Å². The average molecular weight is 638 g/mol. The van der Waals surface area contributed by atoms with E-state index in [1.807, 2.05) is 24.3 Å². The van der Waals surface area contributed by atoms with Crippen LogP contribution in [0.2, 0.25) is 0 Å². The van der Waals surface area contributed by atoms with Gasteiger partial charge in [-0.05, 0) is 91.7 Å². The molecule has 10 nitrogen and oxygen atoms in total. The van der Waals surface area contributed by atoms with Gasteiger partial charge in [0.05, 0.1) is 11.7 Å². The average Bonchev–Trinajstić information content (AvgIpc) is 2.83. The third kappa shape index (κ3) is 8.47. The number of ether oxygens (including phenoxy) is 1. The van der Waals surface area contributed by atoms with E-state index in [1.54, 1.807) is 45.0 Å². The number of carbonyl (C=O) groups excluding carboxylic acids is 1. The Bertz CT molecular complexity index is 1350. The van der Waals surface area contributed by atoms with Crippen molar-refractivity contribution >= 4 is 50.5 Å². The summed E-state index contributed by atoms with van der Waals surface area (Å²) in [6, 6.07) is 15.9. The molecule has 1 amide bonds. The van der Waals surface area contributed by atoms with E-state index in [-0.39, 0.29) is 23.0 Å². The molecular formula is C25H27IN4O6S. The van der Waals surface area contributed by atoms with Crippen molar-refractivity contribution < 1.29 is 27.9 Å². The highest BCUT2D eigenvalue weighted by Gasteiger charge is 2.28. The molecule has 2 aromatic heterocycles. The Morgan fingerprint density at radius 3 is 2.38 bits per heavy atom. The second kappa shape index (κ2) is 12.0. The van der Waals surface area contributed by atoms with Gasteiger partial charge in [0.1, 0.15) is 18.0 Å². The predicted molar refractivity (Wildman–Crippen MR) is 146 cm³/mol. The minimum absolute atomic E-state index is 0.0128. The fourth-order valence-electron chi connectivity index (χ4n) is 3.29. The van der Waals surface area contributed by atoms with Gasteiger partial charge in [-0.1, -0.05) is 24.3 Å². The predicted octanol–water partition coefficient (Wildman–Crippen LogP) is 4.17. The van der Waals surface area contributed by atoms with E-state index in [4.69, 9.17) is 4.74 Å². The van der Waals surface area contributed by atoms with Gasteiger partial charge in [-0.25, -0.2) is 27.9 Å². The molecule has 12 heteroatoms. The molecule has 0 radical (unpaired) electrons.